The summed E-state index contributed by atoms with van der Waals surface area (Å²) >= 11 is 0. The van der Waals surface area contributed by atoms with E-state index < -0.39 is 17.3 Å². The highest BCUT2D eigenvalue weighted by Crippen LogP contribution is 2.24. The molecule has 0 aromatic heterocycles. The fourth-order valence-electron chi connectivity index (χ4n) is 2.41. The molecule has 0 aliphatic rings. The topological polar surface area (TPSA) is 95.5 Å². The van der Waals surface area contributed by atoms with Crippen LogP contribution in [-0.2, 0) is 9.59 Å². The van der Waals surface area contributed by atoms with Gasteiger partial charge in [-0.2, -0.15) is 0 Å². The molecule has 0 saturated heterocycles. The minimum Gasteiger partial charge on any atom is -0.481 e. The standard InChI is InChI=1S/C20H22N2O4/c1-13-15(18(24)21-14-8-5-4-6-9-14)10-7-11-16(13)22-17(23)12-20(2,3)19(25)26/h4-11H,12H2,1-3H3,(H,21,24)(H,22,23)(H,25,26). The minimum absolute atomic E-state index is 0.164. The Morgan fingerprint density at radius 2 is 1.62 bits per heavy atom. The van der Waals surface area contributed by atoms with Gasteiger partial charge < -0.3 is 15.7 Å². The number of benzene rings is 2. The third kappa shape index (κ3) is 4.69. The number of anilines is 2. The lowest BCUT2D eigenvalue weighted by Gasteiger charge is -2.19. The van der Waals surface area contributed by atoms with E-state index in [1.54, 1.807) is 37.3 Å². The second-order valence-corrected chi connectivity index (χ2v) is 6.71. The van der Waals surface area contributed by atoms with Crippen molar-refractivity contribution >= 4 is 29.2 Å². The molecule has 136 valence electrons. The maximum atomic E-state index is 12.5. The fraction of sp³-hybridized carbons (Fsp3) is 0.250. The van der Waals surface area contributed by atoms with Crippen LogP contribution in [0.5, 0.6) is 0 Å². The van der Waals surface area contributed by atoms with Crippen molar-refractivity contribution in [1.82, 2.24) is 0 Å². The van der Waals surface area contributed by atoms with Crippen molar-refractivity contribution < 1.29 is 19.5 Å². The van der Waals surface area contributed by atoms with Crippen molar-refractivity contribution in [1.29, 1.82) is 0 Å². The van der Waals surface area contributed by atoms with Gasteiger partial charge in [-0.15, -0.1) is 0 Å². The Balaban J connectivity index is 2.15. The Bertz CT molecular complexity index is 829. The van der Waals surface area contributed by atoms with E-state index in [1.165, 1.54) is 13.8 Å². The van der Waals surface area contributed by atoms with E-state index in [2.05, 4.69) is 10.6 Å². The first-order chi connectivity index (χ1) is 12.2. The van der Waals surface area contributed by atoms with Crippen LogP contribution in [0.1, 0.15) is 36.2 Å². The van der Waals surface area contributed by atoms with Crippen molar-refractivity contribution in [3.05, 3.63) is 59.7 Å². The van der Waals surface area contributed by atoms with Crippen LogP contribution in [0.2, 0.25) is 0 Å². The summed E-state index contributed by atoms with van der Waals surface area (Å²) in [4.78, 5) is 35.8. The molecule has 0 unspecified atom stereocenters. The van der Waals surface area contributed by atoms with Crippen molar-refractivity contribution in [2.75, 3.05) is 10.6 Å². The number of amides is 2. The first kappa shape index (κ1) is 19.2. The van der Waals surface area contributed by atoms with Gasteiger partial charge in [0, 0.05) is 23.4 Å². The molecule has 6 heteroatoms. The Hall–Kier alpha value is -3.15. The Morgan fingerprint density at radius 1 is 0.962 bits per heavy atom. The summed E-state index contributed by atoms with van der Waals surface area (Å²) in [6.07, 6.45) is -0.164. The highest BCUT2D eigenvalue weighted by Gasteiger charge is 2.30. The van der Waals surface area contributed by atoms with E-state index >= 15 is 0 Å². The van der Waals surface area contributed by atoms with Gasteiger partial charge in [-0.1, -0.05) is 24.3 Å². The molecule has 0 bridgehead atoms. The number of para-hydroxylation sites is 1. The smallest absolute Gasteiger partial charge is 0.309 e. The van der Waals surface area contributed by atoms with Crippen LogP contribution in [-0.4, -0.2) is 22.9 Å². The molecule has 2 rings (SSSR count). The predicted molar refractivity (Wildman–Crippen MR) is 100 cm³/mol. The number of hydrogen-bond acceptors (Lipinski definition) is 3. The van der Waals surface area contributed by atoms with Gasteiger partial charge in [0.2, 0.25) is 5.91 Å². The molecule has 2 aromatic rings. The minimum atomic E-state index is -1.17. The van der Waals surface area contributed by atoms with Crippen LogP contribution in [0.15, 0.2) is 48.5 Å². The molecule has 0 spiro atoms. The van der Waals surface area contributed by atoms with E-state index in [4.69, 9.17) is 5.11 Å². The van der Waals surface area contributed by atoms with Crippen LogP contribution in [0.25, 0.3) is 0 Å². The Labute approximate surface area is 152 Å². The van der Waals surface area contributed by atoms with Gasteiger partial charge in [-0.3, -0.25) is 14.4 Å². The molecule has 0 heterocycles. The lowest BCUT2D eigenvalue weighted by molar-refractivity contribution is -0.148. The zero-order chi connectivity index (χ0) is 19.3. The second-order valence-electron chi connectivity index (χ2n) is 6.71. The van der Waals surface area contributed by atoms with Gasteiger partial charge in [0.15, 0.2) is 0 Å². The third-order valence-electron chi connectivity index (χ3n) is 4.07. The number of carboxylic acids is 1. The van der Waals surface area contributed by atoms with Gasteiger partial charge in [-0.25, -0.2) is 0 Å². The van der Waals surface area contributed by atoms with Gasteiger partial charge in [-0.05, 0) is 50.6 Å². The Morgan fingerprint density at radius 3 is 2.23 bits per heavy atom. The molecule has 0 saturated carbocycles. The summed E-state index contributed by atoms with van der Waals surface area (Å²) in [5, 5.41) is 14.6. The average Bonchev–Trinajstić information content (AvgIpc) is 2.57. The van der Waals surface area contributed by atoms with E-state index in [9.17, 15) is 14.4 Å². The van der Waals surface area contributed by atoms with E-state index in [0.717, 1.165) is 0 Å². The maximum Gasteiger partial charge on any atom is 0.309 e. The summed E-state index contributed by atoms with van der Waals surface area (Å²) in [7, 11) is 0. The number of carbonyl (C=O) groups excluding carboxylic acids is 2. The molecule has 0 aliphatic heterocycles. The van der Waals surface area contributed by atoms with Crippen LogP contribution in [0, 0.1) is 12.3 Å². The maximum absolute atomic E-state index is 12.5. The van der Waals surface area contributed by atoms with Crippen LogP contribution in [0.4, 0.5) is 11.4 Å². The van der Waals surface area contributed by atoms with Crippen molar-refractivity contribution in [3.63, 3.8) is 0 Å². The zero-order valence-corrected chi connectivity index (χ0v) is 15.0. The zero-order valence-electron chi connectivity index (χ0n) is 15.0. The summed E-state index contributed by atoms with van der Waals surface area (Å²) in [5.41, 5.74) is 1.04. The molecule has 6 nitrogen and oxygen atoms in total. The van der Waals surface area contributed by atoms with Crippen molar-refractivity contribution in [2.24, 2.45) is 5.41 Å². The molecule has 0 atom stereocenters. The van der Waals surface area contributed by atoms with Gasteiger partial charge in [0.1, 0.15) is 0 Å². The predicted octanol–water partition coefficient (Wildman–Crippen LogP) is 3.69. The summed E-state index contributed by atoms with van der Waals surface area (Å²) in [5.74, 6) is -1.74. The van der Waals surface area contributed by atoms with Crippen LogP contribution >= 0.6 is 0 Å². The molecule has 0 fully saturated rings. The third-order valence-corrected chi connectivity index (χ3v) is 4.07. The number of hydrogen-bond donors (Lipinski definition) is 3. The monoisotopic (exact) mass is 354 g/mol. The second kappa shape index (κ2) is 7.82. The molecule has 3 N–H and O–H groups in total. The largest absolute Gasteiger partial charge is 0.481 e. The molecule has 0 radical (unpaired) electrons. The van der Waals surface area contributed by atoms with Crippen molar-refractivity contribution in [2.45, 2.75) is 27.2 Å². The normalized spacial score (nSPS) is 10.9. The number of carboxylic acid groups (broad SMARTS) is 1. The first-order valence-electron chi connectivity index (χ1n) is 8.20. The van der Waals surface area contributed by atoms with Gasteiger partial charge >= 0.3 is 5.97 Å². The lowest BCUT2D eigenvalue weighted by atomic mass is 9.89. The summed E-state index contributed by atoms with van der Waals surface area (Å²) in [6, 6.07) is 14.1. The van der Waals surface area contributed by atoms with E-state index in [-0.39, 0.29) is 12.3 Å². The summed E-state index contributed by atoms with van der Waals surface area (Å²) < 4.78 is 0. The average molecular weight is 354 g/mol. The molecular weight excluding hydrogens is 332 g/mol. The quantitative estimate of drug-likeness (QED) is 0.737. The Kier molecular flexibility index (Phi) is 5.77. The lowest BCUT2D eigenvalue weighted by Crippen LogP contribution is -2.29. The number of nitrogens with one attached hydrogen (secondary N) is 2. The summed E-state index contributed by atoms with van der Waals surface area (Å²) in [6.45, 7) is 4.72. The molecule has 0 aliphatic carbocycles. The number of aliphatic carboxylic acids is 1. The highest BCUT2D eigenvalue weighted by molar-refractivity contribution is 6.07. The van der Waals surface area contributed by atoms with E-state index in [1.807, 2.05) is 18.2 Å². The fourth-order valence-corrected chi connectivity index (χ4v) is 2.41. The first-order valence-corrected chi connectivity index (χ1v) is 8.20. The highest BCUT2D eigenvalue weighted by atomic mass is 16.4. The number of rotatable bonds is 6. The van der Waals surface area contributed by atoms with Crippen LogP contribution in [0.3, 0.4) is 0 Å². The molecule has 2 aromatic carbocycles. The van der Waals surface area contributed by atoms with Crippen molar-refractivity contribution in [3.8, 4) is 0 Å². The molecular formula is C20H22N2O4. The van der Waals surface area contributed by atoms with Gasteiger partial charge in [0.05, 0.1) is 5.41 Å². The van der Waals surface area contributed by atoms with Gasteiger partial charge in [0.25, 0.3) is 5.91 Å². The SMILES string of the molecule is Cc1c(NC(=O)CC(C)(C)C(=O)O)cccc1C(=O)Nc1ccccc1. The molecule has 26 heavy (non-hydrogen) atoms. The van der Waals surface area contributed by atoms with Crippen LogP contribution < -0.4 is 10.6 Å². The number of carbonyl (C=O) groups is 3. The van der Waals surface area contributed by atoms with E-state index in [0.29, 0.717) is 22.5 Å². The molecule has 2 amide bonds.